The normalized spacial score (nSPS) is 12.2. The number of hydrogen-bond donors (Lipinski definition) is 1. The van der Waals surface area contributed by atoms with Crippen LogP contribution in [0.2, 0.25) is 0 Å². The molecule has 4 aromatic carbocycles. The van der Waals surface area contributed by atoms with Crippen molar-refractivity contribution in [2.75, 3.05) is 0 Å². The average molecular weight is 308 g/mol. The van der Waals surface area contributed by atoms with Gasteiger partial charge in [-0.2, -0.15) is 8.42 Å². The van der Waals surface area contributed by atoms with Gasteiger partial charge in [0.25, 0.3) is 10.1 Å². The third-order valence-corrected chi connectivity index (χ3v) is 4.86. The first-order chi connectivity index (χ1) is 10.6. The molecule has 22 heavy (non-hydrogen) atoms. The molecule has 3 nitrogen and oxygen atoms in total. The zero-order chi connectivity index (χ0) is 15.3. The van der Waals surface area contributed by atoms with Gasteiger partial charge in [0.15, 0.2) is 0 Å². The third kappa shape index (κ3) is 1.89. The van der Waals surface area contributed by atoms with Crippen LogP contribution < -0.4 is 0 Å². The summed E-state index contributed by atoms with van der Waals surface area (Å²) in [7, 11) is -4.22. The van der Waals surface area contributed by atoms with E-state index in [1.54, 1.807) is 12.1 Å². The van der Waals surface area contributed by atoms with Crippen LogP contribution in [-0.4, -0.2) is 13.0 Å². The molecule has 4 heteroatoms. The number of rotatable bonds is 1. The summed E-state index contributed by atoms with van der Waals surface area (Å²) < 4.78 is 32.2. The minimum absolute atomic E-state index is 0.0829. The molecule has 0 radical (unpaired) electrons. The van der Waals surface area contributed by atoms with Gasteiger partial charge in [0.2, 0.25) is 0 Å². The lowest BCUT2D eigenvalue weighted by Gasteiger charge is -2.10. The Morgan fingerprint density at radius 2 is 1.00 bits per heavy atom. The number of benzene rings is 4. The predicted molar refractivity (Wildman–Crippen MR) is 88.8 cm³/mol. The Kier molecular flexibility index (Phi) is 2.73. The standard InChI is InChI=1S/C18H12O3S/c19-22(20,21)12-9-10-17-15-7-2-1-5-13(15)14-6-3-4-8-16(14)18(17)11-12/h1-11H,(H,19,20,21). The zero-order valence-corrected chi connectivity index (χ0v) is 12.3. The summed E-state index contributed by atoms with van der Waals surface area (Å²) in [5.74, 6) is 0. The molecule has 0 bridgehead atoms. The Balaban J connectivity index is 2.32. The highest BCUT2D eigenvalue weighted by molar-refractivity contribution is 7.85. The molecule has 0 heterocycles. The van der Waals surface area contributed by atoms with Crippen LogP contribution in [0.1, 0.15) is 0 Å². The molecule has 4 rings (SSSR count). The maximum atomic E-state index is 11.4. The summed E-state index contributed by atoms with van der Waals surface area (Å²) in [6.45, 7) is 0. The van der Waals surface area contributed by atoms with Gasteiger partial charge in [0, 0.05) is 0 Å². The van der Waals surface area contributed by atoms with E-state index < -0.39 is 10.1 Å². The van der Waals surface area contributed by atoms with E-state index in [0.717, 1.165) is 32.3 Å². The Bertz CT molecular complexity index is 1110. The van der Waals surface area contributed by atoms with E-state index in [-0.39, 0.29) is 4.90 Å². The molecule has 0 aromatic heterocycles. The van der Waals surface area contributed by atoms with E-state index in [1.165, 1.54) is 6.07 Å². The summed E-state index contributed by atoms with van der Waals surface area (Å²) in [6.07, 6.45) is 0. The molecule has 1 N–H and O–H groups in total. The van der Waals surface area contributed by atoms with Crippen LogP contribution in [-0.2, 0) is 10.1 Å². The molecule has 0 fully saturated rings. The van der Waals surface area contributed by atoms with Crippen molar-refractivity contribution in [3.63, 3.8) is 0 Å². The smallest absolute Gasteiger partial charge is 0.282 e. The predicted octanol–water partition coefficient (Wildman–Crippen LogP) is 4.39. The fourth-order valence-corrected chi connectivity index (χ4v) is 3.55. The fraction of sp³-hybridized carbons (Fsp3) is 0. The highest BCUT2D eigenvalue weighted by atomic mass is 32.2. The molecular formula is C18H12O3S. The van der Waals surface area contributed by atoms with Crippen LogP contribution in [0.15, 0.2) is 71.6 Å². The first-order valence-corrected chi connectivity index (χ1v) is 8.30. The van der Waals surface area contributed by atoms with Crippen LogP contribution >= 0.6 is 0 Å². The van der Waals surface area contributed by atoms with E-state index in [0.29, 0.717) is 0 Å². The minimum atomic E-state index is -4.22. The van der Waals surface area contributed by atoms with Crippen molar-refractivity contribution in [2.24, 2.45) is 0 Å². The van der Waals surface area contributed by atoms with Crippen LogP contribution in [0.3, 0.4) is 0 Å². The number of fused-ring (bicyclic) bond motifs is 6. The molecule has 0 aliphatic heterocycles. The van der Waals surface area contributed by atoms with Gasteiger partial charge in [-0.05, 0) is 44.5 Å². The topological polar surface area (TPSA) is 54.4 Å². The van der Waals surface area contributed by atoms with E-state index in [9.17, 15) is 13.0 Å². The van der Waals surface area contributed by atoms with Crippen molar-refractivity contribution in [1.82, 2.24) is 0 Å². The highest BCUT2D eigenvalue weighted by Crippen LogP contribution is 2.35. The van der Waals surface area contributed by atoms with Gasteiger partial charge in [-0.1, -0.05) is 54.6 Å². The van der Waals surface area contributed by atoms with Gasteiger partial charge in [-0.25, -0.2) is 0 Å². The summed E-state index contributed by atoms with van der Waals surface area (Å²) >= 11 is 0. The van der Waals surface area contributed by atoms with Crippen LogP contribution in [0.4, 0.5) is 0 Å². The molecule has 108 valence electrons. The summed E-state index contributed by atoms with van der Waals surface area (Å²) in [5.41, 5.74) is 0. The van der Waals surface area contributed by atoms with Crippen LogP contribution in [0.5, 0.6) is 0 Å². The Hall–Kier alpha value is -2.43. The van der Waals surface area contributed by atoms with Gasteiger partial charge < -0.3 is 0 Å². The summed E-state index contributed by atoms with van der Waals surface area (Å²) in [6, 6.07) is 20.7. The van der Waals surface area contributed by atoms with Crippen molar-refractivity contribution in [3.8, 4) is 0 Å². The van der Waals surface area contributed by atoms with E-state index >= 15 is 0 Å². The maximum absolute atomic E-state index is 11.4. The second kappa shape index (κ2) is 4.53. The lowest BCUT2D eigenvalue weighted by atomic mass is 9.94. The van der Waals surface area contributed by atoms with Gasteiger partial charge in [-0.3, -0.25) is 4.55 Å². The molecule has 0 amide bonds. The van der Waals surface area contributed by atoms with Gasteiger partial charge in [0.05, 0.1) is 4.90 Å². The summed E-state index contributed by atoms with van der Waals surface area (Å²) in [4.78, 5) is -0.0829. The second-order valence-corrected chi connectivity index (χ2v) is 6.70. The van der Waals surface area contributed by atoms with Crippen molar-refractivity contribution < 1.29 is 13.0 Å². The largest absolute Gasteiger partial charge is 0.294 e. The van der Waals surface area contributed by atoms with Crippen molar-refractivity contribution in [3.05, 3.63) is 66.7 Å². The average Bonchev–Trinajstić information content (AvgIpc) is 2.54. The first kappa shape index (κ1) is 13.2. The van der Waals surface area contributed by atoms with Crippen molar-refractivity contribution >= 4 is 42.4 Å². The zero-order valence-electron chi connectivity index (χ0n) is 11.5. The lowest BCUT2D eigenvalue weighted by molar-refractivity contribution is 0.483. The Labute approximate surface area is 127 Å². The molecular weight excluding hydrogens is 296 g/mol. The SMILES string of the molecule is O=S(=O)(O)c1ccc2c3ccccc3c3ccccc3c2c1. The van der Waals surface area contributed by atoms with Crippen LogP contribution in [0, 0.1) is 0 Å². The number of hydrogen-bond acceptors (Lipinski definition) is 2. The third-order valence-electron chi connectivity index (χ3n) is 4.01. The van der Waals surface area contributed by atoms with Gasteiger partial charge >= 0.3 is 0 Å². The lowest BCUT2D eigenvalue weighted by Crippen LogP contribution is -1.97. The van der Waals surface area contributed by atoms with E-state index in [2.05, 4.69) is 6.07 Å². The highest BCUT2D eigenvalue weighted by Gasteiger charge is 2.13. The second-order valence-electron chi connectivity index (χ2n) is 5.27. The Morgan fingerprint density at radius 1 is 0.591 bits per heavy atom. The molecule has 0 saturated carbocycles. The summed E-state index contributed by atoms with van der Waals surface area (Å²) in [5, 5.41) is 6.04. The Morgan fingerprint density at radius 3 is 1.45 bits per heavy atom. The minimum Gasteiger partial charge on any atom is -0.282 e. The molecule has 0 unspecified atom stereocenters. The van der Waals surface area contributed by atoms with E-state index in [1.807, 2.05) is 42.5 Å². The van der Waals surface area contributed by atoms with Gasteiger partial charge in [-0.15, -0.1) is 0 Å². The monoisotopic (exact) mass is 308 g/mol. The molecule has 0 atom stereocenters. The van der Waals surface area contributed by atoms with Gasteiger partial charge in [0.1, 0.15) is 0 Å². The molecule has 4 aromatic rings. The first-order valence-electron chi connectivity index (χ1n) is 6.86. The maximum Gasteiger partial charge on any atom is 0.294 e. The van der Waals surface area contributed by atoms with Crippen molar-refractivity contribution in [1.29, 1.82) is 0 Å². The molecule has 0 spiro atoms. The van der Waals surface area contributed by atoms with Crippen LogP contribution in [0.25, 0.3) is 32.3 Å². The molecule has 0 aliphatic rings. The van der Waals surface area contributed by atoms with Crippen molar-refractivity contribution in [2.45, 2.75) is 4.90 Å². The molecule has 0 aliphatic carbocycles. The van der Waals surface area contributed by atoms with E-state index in [4.69, 9.17) is 0 Å². The fourth-order valence-electron chi connectivity index (χ4n) is 3.05. The molecule has 0 saturated heterocycles. The quantitative estimate of drug-likeness (QED) is 0.419.